The fourth-order valence-electron chi connectivity index (χ4n) is 3.94. The van der Waals surface area contributed by atoms with Crippen molar-refractivity contribution < 1.29 is 24.2 Å². The molecule has 1 unspecified atom stereocenters. The second kappa shape index (κ2) is 13.9. The van der Waals surface area contributed by atoms with Crippen molar-refractivity contribution >= 4 is 11.9 Å². The number of aryl methyl sites for hydroxylation is 1. The summed E-state index contributed by atoms with van der Waals surface area (Å²) in [5, 5.41) is 12.2. The maximum Gasteiger partial charge on any atom is 0.326 e. The number of aliphatic carboxylic acids is 1. The lowest BCUT2D eigenvalue weighted by molar-refractivity contribution is -0.139. The Balaban J connectivity index is 1.47. The molecule has 1 amide bonds. The van der Waals surface area contributed by atoms with Gasteiger partial charge in [0.15, 0.2) is 0 Å². The zero-order valence-corrected chi connectivity index (χ0v) is 21.0. The van der Waals surface area contributed by atoms with Gasteiger partial charge in [-0.15, -0.1) is 0 Å². The number of para-hydroxylation sites is 1. The highest BCUT2D eigenvalue weighted by Gasteiger charge is 2.22. The fourth-order valence-corrected chi connectivity index (χ4v) is 3.94. The van der Waals surface area contributed by atoms with Gasteiger partial charge in [0.25, 0.3) is 5.91 Å². The van der Waals surface area contributed by atoms with Gasteiger partial charge < -0.3 is 19.9 Å². The Morgan fingerprint density at radius 2 is 1.50 bits per heavy atom. The van der Waals surface area contributed by atoms with Crippen molar-refractivity contribution in [2.45, 2.75) is 52.0 Å². The highest BCUT2D eigenvalue weighted by atomic mass is 16.5. The van der Waals surface area contributed by atoms with Crippen LogP contribution in [-0.4, -0.2) is 36.2 Å². The van der Waals surface area contributed by atoms with Gasteiger partial charge >= 0.3 is 5.97 Å². The summed E-state index contributed by atoms with van der Waals surface area (Å²) in [5.74, 6) is -0.110. The summed E-state index contributed by atoms with van der Waals surface area (Å²) in [5.41, 5.74) is 3.45. The third-order valence-electron chi connectivity index (χ3n) is 6.21. The lowest BCUT2D eigenvalue weighted by Gasteiger charge is -2.18. The van der Waals surface area contributed by atoms with Crippen LogP contribution in [0.15, 0.2) is 72.8 Å². The van der Waals surface area contributed by atoms with Gasteiger partial charge in [-0.3, -0.25) is 4.79 Å². The molecule has 0 heterocycles. The van der Waals surface area contributed by atoms with Crippen LogP contribution < -0.4 is 14.8 Å². The fraction of sp³-hybridized carbons (Fsp3) is 0.333. The molecule has 0 spiro atoms. The number of amides is 1. The number of hydrogen-bond donors (Lipinski definition) is 2. The van der Waals surface area contributed by atoms with Gasteiger partial charge in [-0.05, 0) is 80.5 Å². The third-order valence-corrected chi connectivity index (χ3v) is 6.21. The number of benzene rings is 3. The van der Waals surface area contributed by atoms with Crippen LogP contribution in [0.4, 0.5) is 0 Å². The van der Waals surface area contributed by atoms with Crippen molar-refractivity contribution in [2.24, 2.45) is 0 Å². The molecule has 1 atom stereocenters. The minimum atomic E-state index is -1.10. The standard InChI is InChI=1S/C30H35NO5/c1-22-23(2)28(36-20-11-5-8-14-24-12-6-3-7-13-24)18-17-26(22)29(32)31-27(30(33)34)19-21-35-25-15-9-4-10-16-25/h3-4,6-7,9-10,12-13,15-18,27H,5,8,11,14,19-21H2,1-2H3,(H,31,32)(H,33,34). The number of hydrogen-bond acceptors (Lipinski definition) is 4. The van der Waals surface area contributed by atoms with Crippen molar-refractivity contribution in [3.05, 3.63) is 95.1 Å². The molecule has 0 radical (unpaired) electrons. The molecule has 36 heavy (non-hydrogen) atoms. The Morgan fingerprint density at radius 3 is 2.19 bits per heavy atom. The maximum absolute atomic E-state index is 12.9. The number of carboxylic acid groups (broad SMARTS) is 1. The van der Waals surface area contributed by atoms with Crippen molar-refractivity contribution in [3.63, 3.8) is 0 Å². The van der Waals surface area contributed by atoms with Crippen molar-refractivity contribution in [1.29, 1.82) is 0 Å². The van der Waals surface area contributed by atoms with Crippen LogP contribution in [0.2, 0.25) is 0 Å². The normalized spacial score (nSPS) is 11.5. The summed E-state index contributed by atoms with van der Waals surface area (Å²) in [4.78, 5) is 24.6. The van der Waals surface area contributed by atoms with Crippen LogP contribution in [0, 0.1) is 13.8 Å². The van der Waals surface area contributed by atoms with E-state index < -0.39 is 17.9 Å². The van der Waals surface area contributed by atoms with E-state index in [4.69, 9.17) is 9.47 Å². The highest BCUT2D eigenvalue weighted by Crippen LogP contribution is 2.25. The average Bonchev–Trinajstić information content (AvgIpc) is 2.89. The summed E-state index contributed by atoms with van der Waals surface area (Å²) >= 11 is 0. The molecule has 0 saturated carbocycles. The van der Waals surface area contributed by atoms with Gasteiger partial charge in [0.2, 0.25) is 0 Å². The molecule has 3 rings (SSSR count). The number of unbranched alkanes of at least 4 members (excludes halogenated alkanes) is 2. The number of carbonyl (C=O) groups is 2. The SMILES string of the molecule is Cc1c(OCCCCCc2ccccc2)ccc(C(=O)NC(CCOc2ccccc2)C(=O)O)c1C. The molecule has 2 N–H and O–H groups in total. The van der Waals surface area contributed by atoms with Crippen LogP contribution in [0.1, 0.15) is 52.7 Å². The molecule has 0 bridgehead atoms. The minimum absolute atomic E-state index is 0.152. The zero-order chi connectivity index (χ0) is 25.8. The van der Waals surface area contributed by atoms with E-state index in [1.165, 1.54) is 5.56 Å². The first kappa shape index (κ1) is 26.8. The number of ether oxygens (including phenoxy) is 2. The van der Waals surface area contributed by atoms with Crippen molar-refractivity contribution in [3.8, 4) is 11.5 Å². The van der Waals surface area contributed by atoms with Gasteiger partial charge in [0.1, 0.15) is 17.5 Å². The van der Waals surface area contributed by atoms with Gasteiger partial charge in [-0.1, -0.05) is 48.5 Å². The van der Waals surface area contributed by atoms with E-state index in [1.54, 1.807) is 24.3 Å². The van der Waals surface area contributed by atoms with Crippen molar-refractivity contribution in [2.75, 3.05) is 13.2 Å². The van der Waals surface area contributed by atoms with E-state index in [-0.39, 0.29) is 13.0 Å². The Morgan fingerprint density at radius 1 is 0.806 bits per heavy atom. The molecule has 0 aromatic heterocycles. The first-order chi connectivity index (χ1) is 17.5. The molecular weight excluding hydrogens is 454 g/mol. The Hall–Kier alpha value is -3.80. The van der Waals surface area contributed by atoms with E-state index in [2.05, 4.69) is 29.6 Å². The lowest BCUT2D eigenvalue weighted by Crippen LogP contribution is -2.42. The van der Waals surface area contributed by atoms with Crippen LogP contribution in [0.25, 0.3) is 0 Å². The highest BCUT2D eigenvalue weighted by molar-refractivity contribution is 5.98. The van der Waals surface area contributed by atoms with Crippen molar-refractivity contribution in [1.82, 2.24) is 5.32 Å². The van der Waals surface area contributed by atoms with Gasteiger partial charge in [0.05, 0.1) is 13.2 Å². The largest absolute Gasteiger partial charge is 0.494 e. The first-order valence-corrected chi connectivity index (χ1v) is 12.4. The predicted octanol–water partition coefficient (Wildman–Crippen LogP) is 5.75. The summed E-state index contributed by atoms with van der Waals surface area (Å²) in [6.45, 7) is 4.56. The maximum atomic E-state index is 12.9. The second-order valence-electron chi connectivity index (χ2n) is 8.82. The van der Waals surface area contributed by atoms with Gasteiger partial charge in [-0.2, -0.15) is 0 Å². The van der Waals surface area contributed by atoms with Crippen LogP contribution >= 0.6 is 0 Å². The van der Waals surface area contributed by atoms with Gasteiger partial charge in [0, 0.05) is 12.0 Å². The van der Waals surface area contributed by atoms with E-state index in [9.17, 15) is 14.7 Å². The van der Waals surface area contributed by atoms with Gasteiger partial charge in [-0.25, -0.2) is 4.79 Å². The molecule has 0 saturated heterocycles. The summed E-state index contributed by atoms with van der Waals surface area (Å²) in [7, 11) is 0. The molecule has 0 aliphatic carbocycles. The van der Waals surface area contributed by atoms with E-state index in [0.29, 0.717) is 17.9 Å². The smallest absolute Gasteiger partial charge is 0.326 e. The van der Waals surface area contributed by atoms with Crippen LogP contribution in [-0.2, 0) is 11.2 Å². The second-order valence-corrected chi connectivity index (χ2v) is 8.82. The van der Waals surface area contributed by atoms with Crippen LogP contribution in [0.5, 0.6) is 11.5 Å². The molecule has 190 valence electrons. The first-order valence-electron chi connectivity index (χ1n) is 12.4. The number of nitrogens with one attached hydrogen (secondary N) is 1. The molecule has 3 aromatic rings. The summed E-state index contributed by atoms with van der Waals surface area (Å²) < 4.78 is 11.6. The quantitative estimate of drug-likeness (QED) is 0.282. The Kier molecular flexibility index (Phi) is 10.4. The number of carbonyl (C=O) groups excluding carboxylic acids is 1. The molecule has 6 heteroatoms. The van der Waals surface area contributed by atoms with Crippen LogP contribution in [0.3, 0.4) is 0 Å². The lowest BCUT2D eigenvalue weighted by atomic mass is 10.0. The summed E-state index contributed by atoms with van der Waals surface area (Å²) in [6.07, 6.45) is 4.38. The Labute approximate surface area is 213 Å². The zero-order valence-electron chi connectivity index (χ0n) is 21.0. The summed E-state index contributed by atoms with van der Waals surface area (Å²) in [6, 6.07) is 22.1. The number of carboxylic acids is 1. The monoisotopic (exact) mass is 489 g/mol. The average molecular weight is 490 g/mol. The molecule has 6 nitrogen and oxygen atoms in total. The minimum Gasteiger partial charge on any atom is -0.494 e. The molecule has 3 aromatic carbocycles. The van der Waals surface area contributed by atoms with E-state index in [0.717, 1.165) is 42.6 Å². The molecule has 0 aliphatic rings. The molecular formula is C30H35NO5. The van der Waals surface area contributed by atoms with E-state index in [1.807, 2.05) is 38.1 Å². The number of rotatable bonds is 14. The molecule has 0 fully saturated rings. The van der Waals surface area contributed by atoms with E-state index >= 15 is 0 Å². The third kappa shape index (κ3) is 8.15. The Bertz CT molecular complexity index is 1110. The predicted molar refractivity (Wildman–Crippen MR) is 141 cm³/mol. The topological polar surface area (TPSA) is 84.9 Å². The molecule has 0 aliphatic heterocycles.